The van der Waals surface area contributed by atoms with E-state index in [1.807, 2.05) is 0 Å². The molecule has 0 amide bonds. The highest BCUT2D eigenvalue weighted by Crippen LogP contribution is 2.17. The molecule has 1 rings (SSSR count). The van der Waals surface area contributed by atoms with Crippen LogP contribution in [0.4, 0.5) is 0 Å². The highest BCUT2D eigenvalue weighted by Gasteiger charge is 2.19. The summed E-state index contributed by atoms with van der Waals surface area (Å²) in [6.45, 7) is 12.1. The van der Waals surface area contributed by atoms with Gasteiger partial charge in [0.1, 0.15) is 0 Å². The van der Waals surface area contributed by atoms with Crippen molar-refractivity contribution < 1.29 is 0 Å². The molecule has 2 heteroatoms. The average Bonchev–Trinajstić information content (AvgIpc) is 2.54. The number of aryl methyl sites for hydroxylation is 1. The van der Waals surface area contributed by atoms with Gasteiger partial charge in [-0.1, -0.05) is 13.8 Å². The minimum Gasteiger partial charge on any atom is -0.352 e. The van der Waals surface area contributed by atoms with Crippen molar-refractivity contribution in [1.29, 1.82) is 0 Å². The number of hydrogen-bond donors (Lipinski definition) is 1. The summed E-state index contributed by atoms with van der Waals surface area (Å²) in [5.41, 5.74) is 4.41. The molecule has 1 heterocycles. The van der Waals surface area contributed by atoms with E-state index in [0.29, 0.717) is 0 Å². The topological polar surface area (TPSA) is 17.0 Å². The molecule has 1 aromatic heterocycles. The van der Waals surface area contributed by atoms with Gasteiger partial charge in [-0.3, -0.25) is 0 Å². The third kappa shape index (κ3) is 2.67. The predicted octanol–water partition coefficient (Wildman–Crippen LogP) is 3.31. The quantitative estimate of drug-likeness (QED) is 0.809. The zero-order chi connectivity index (χ0) is 12.3. The molecule has 0 unspecified atom stereocenters. The molecule has 0 atom stereocenters. The molecule has 0 aliphatic heterocycles. The van der Waals surface area contributed by atoms with E-state index < -0.39 is 0 Å². The maximum absolute atomic E-state index is 3.68. The molecular weight excluding hydrogens is 196 g/mol. The summed E-state index contributed by atoms with van der Waals surface area (Å²) in [4.78, 5) is 0. The Morgan fingerprint density at radius 3 is 2.19 bits per heavy atom. The van der Waals surface area contributed by atoms with Crippen LogP contribution >= 0.6 is 0 Å². The van der Waals surface area contributed by atoms with Crippen LogP contribution in [0.1, 0.15) is 50.6 Å². The minimum absolute atomic E-state index is 0.274. The van der Waals surface area contributed by atoms with Crippen LogP contribution in [0, 0.1) is 13.8 Å². The first-order chi connectivity index (χ1) is 7.43. The van der Waals surface area contributed by atoms with E-state index >= 15 is 0 Å². The summed E-state index contributed by atoms with van der Waals surface area (Å²) in [6, 6.07) is 2.29. The normalized spacial score (nSPS) is 12.1. The van der Waals surface area contributed by atoms with Crippen molar-refractivity contribution in [2.75, 3.05) is 0 Å². The third-order valence-corrected chi connectivity index (χ3v) is 4.15. The van der Waals surface area contributed by atoms with Gasteiger partial charge >= 0.3 is 0 Å². The molecule has 0 aliphatic rings. The lowest BCUT2D eigenvalue weighted by molar-refractivity contribution is 0.329. The van der Waals surface area contributed by atoms with Gasteiger partial charge in [0, 0.05) is 30.5 Å². The number of nitrogens with zero attached hydrogens (tertiary/aromatic N) is 1. The largest absolute Gasteiger partial charge is 0.352 e. The van der Waals surface area contributed by atoms with Crippen LogP contribution < -0.4 is 5.32 Å². The Balaban J connectivity index is 2.71. The van der Waals surface area contributed by atoms with Crippen molar-refractivity contribution in [3.63, 3.8) is 0 Å². The van der Waals surface area contributed by atoms with Gasteiger partial charge in [0.25, 0.3) is 0 Å². The van der Waals surface area contributed by atoms with Gasteiger partial charge in [0.15, 0.2) is 0 Å². The van der Waals surface area contributed by atoms with E-state index in [1.165, 1.54) is 29.8 Å². The first-order valence-electron chi connectivity index (χ1n) is 6.30. The lowest BCUT2D eigenvalue weighted by Crippen LogP contribution is -2.40. The second-order valence-corrected chi connectivity index (χ2v) is 5.08. The average molecular weight is 222 g/mol. The highest BCUT2D eigenvalue weighted by molar-refractivity contribution is 5.26. The molecule has 1 aromatic rings. The van der Waals surface area contributed by atoms with Crippen LogP contribution in [-0.4, -0.2) is 10.1 Å². The second kappa shape index (κ2) is 5.05. The van der Waals surface area contributed by atoms with Crippen LogP contribution in [0.3, 0.4) is 0 Å². The number of hydrogen-bond acceptors (Lipinski definition) is 1. The van der Waals surface area contributed by atoms with Crippen LogP contribution in [0.5, 0.6) is 0 Å². The summed E-state index contributed by atoms with van der Waals surface area (Å²) in [7, 11) is 2.13. The molecule has 1 N–H and O–H groups in total. The van der Waals surface area contributed by atoms with Crippen LogP contribution in [0.2, 0.25) is 0 Å². The number of aromatic nitrogens is 1. The van der Waals surface area contributed by atoms with Gasteiger partial charge in [-0.05, 0) is 45.2 Å². The smallest absolute Gasteiger partial charge is 0.0228 e. The first kappa shape index (κ1) is 13.3. The molecule has 0 aromatic carbocycles. The molecule has 2 nitrogen and oxygen atoms in total. The zero-order valence-electron chi connectivity index (χ0n) is 11.6. The Morgan fingerprint density at radius 2 is 1.81 bits per heavy atom. The fraction of sp³-hybridized carbons (Fsp3) is 0.714. The van der Waals surface area contributed by atoms with Crippen molar-refractivity contribution >= 4 is 0 Å². The van der Waals surface area contributed by atoms with Crippen LogP contribution in [0.25, 0.3) is 0 Å². The molecule has 0 bridgehead atoms. The summed E-state index contributed by atoms with van der Waals surface area (Å²) in [6.07, 6.45) is 2.35. The highest BCUT2D eigenvalue weighted by atomic mass is 15.0. The minimum atomic E-state index is 0.274. The van der Waals surface area contributed by atoms with E-state index in [9.17, 15) is 0 Å². The van der Waals surface area contributed by atoms with Gasteiger partial charge in [-0.2, -0.15) is 0 Å². The van der Waals surface area contributed by atoms with Gasteiger partial charge < -0.3 is 9.88 Å². The fourth-order valence-corrected chi connectivity index (χ4v) is 1.92. The predicted molar refractivity (Wildman–Crippen MR) is 70.7 cm³/mol. The summed E-state index contributed by atoms with van der Waals surface area (Å²) in [5.74, 6) is 0. The van der Waals surface area contributed by atoms with E-state index in [1.54, 1.807) is 0 Å². The zero-order valence-corrected chi connectivity index (χ0v) is 11.6. The van der Waals surface area contributed by atoms with Crippen molar-refractivity contribution in [3.05, 3.63) is 23.0 Å². The van der Waals surface area contributed by atoms with Crippen molar-refractivity contribution in [1.82, 2.24) is 9.88 Å². The van der Waals surface area contributed by atoms with Gasteiger partial charge in [0.05, 0.1) is 0 Å². The van der Waals surface area contributed by atoms with E-state index in [2.05, 4.69) is 57.6 Å². The second-order valence-electron chi connectivity index (χ2n) is 5.08. The third-order valence-electron chi connectivity index (χ3n) is 4.15. The monoisotopic (exact) mass is 222 g/mol. The Hall–Kier alpha value is -0.760. The summed E-state index contributed by atoms with van der Waals surface area (Å²) < 4.78 is 2.26. The molecular formula is C14H26N2. The molecule has 0 fully saturated rings. The lowest BCUT2D eigenvalue weighted by Gasteiger charge is -2.28. The van der Waals surface area contributed by atoms with Crippen molar-refractivity contribution in [2.24, 2.45) is 7.05 Å². The SMILES string of the molecule is CCC(C)(CC)NCc1cc(C)n(C)c1C. The van der Waals surface area contributed by atoms with Crippen LogP contribution in [0.15, 0.2) is 6.07 Å². The van der Waals surface area contributed by atoms with E-state index in [-0.39, 0.29) is 5.54 Å². The van der Waals surface area contributed by atoms with E-state index in [0.717, 1.165) is 6.54 Å². The van der Waals surface area contributed by atoms with E-state index in [4.69, 9.17) is 0 Å². The fourth-order valence-electron chi connectivity index (χ4n) is 1.92. The maximum Gasteiger partial charge on any atom is 0.0228 e. The van der Waals surface area contributed by atoms with Crippen LogP contribution in [-0.2, 0) is 13.6 Å². The summed E-state index contributed by atoms with van der Waals surface area (Å²) in [5, 5.41) is 3.68. The maximum atomic E-state index is 3.68. The Bertz CT molecular complexity index is 346. The molecule has 92 valence electrons. The molecule has 0 radical (unpaired) electrons. The number of rotatable bonds is 5. The summed E-state index contributed by atoms with van der Waals surface area (Å²) >= 11 is 0. The van der Waals surface area contributed by atoms with Crippen molar-refractivity contribution in [3.8, 4) is 0 Å². The molecule has 0 saturated carbocycles. The molecule has 0 spiro atoms. The first-order valence-corrected chi connectivity index (χ1v) is 6.30. The lowest BCUT2D eigenvalue weighted by atomic mass is 9.95. The Labute approximate surface area is 100 Å². The molecule has 0 aliphatic carbocycles. The molecule has 16 heavy (non-hydrogen) atoms. The Kier molecular flexibility index (Phi) is 4.20. The number of nitrogens with one attached hydrogen (secondary N) is 1. The molecule has 0 saturated heterocycles. The van der Waals surface area contributed by atoms with Gasteiger partial charge in [-0.25, -0.2) is 0 Å². The Morgan fingerprint density at radius 1 is 1.25 bits per heavy atom. The van der Waals surface area contributed by atoms with Crippen molar-refractivity contribution in [2.45, 2.75) is 59.5 Å². The van der Waals surface area contributed by atoms with Gasteiger partial charge in [-0.15, -0.1) is 0 Å². The van der Waals surface area contributed by atoms with Gasteiger partial charge in [0.2, 0.25) is 0 Å². The standard InChI is InChI=1S/C14H26N2/c1-7-14(5,8-2)15-10-13-9-11(3)16(6)12(13)4/h9,15H,7-8,10H2,1-6H3.